The van der Waals surface area contributed by atoms with E-state index >= 15 is 0 Å². The predicted molar refractivity (Wildman–Crippen MR) is 146 cm³/mol. The maximum Gasteiger partial charge on any atom is 0.363 e. The Kier molecular flexibility index (Phi) is 6.55. The number of fused-ring (bicyclic) bond motifs is 1. The van der Waals surface area contributed by atoms with Crippen molar-refractivity contribution in [3.8, 4) is 11.5 Å². The molecule has 5 nitrogen and oxygen atoms in total. The van der Waals surface area contributed by atoms with Crippen LogP contribution in [-0.4, -0.2) is 19.0 Å². The van der Waals surface area contributed by atoms with Crippen LogP contribution in [0.2, 0.25) is 0 Å². The van der Waals surface area contributed by atoms with Gasteiger partial charge in [-0.15, -0.1) is 0 Å². The van der Waals surface area contributed by atoms with Gasteiger partial charge < -0.3 is 14.2 Å². The Hall–Kier alpha value is -3.65. The molecule has 1 aliphatic heterocycles. The van der Waals surface area contributed by atoms with Gasteiger partial charge in [-0.1, -0.05) is 60.2 Å². The van der Waals surface area contributed by atoms with Crippen LogP contribution in [0.25, 0.3) is 16.8 Å². The smallest absolute Gasteiger partial charge is 0.363 e. The van der Waals surface area contributed by atoms with E-state index in [1.807, 2.05) is 66.7 Å². The minimum Gasteiger partial charge on any atom is -0.493 e. The topological polar surface area (TPSA) is 57.1 Å². The third-order valence-corrected chi connectivity index (χ3v) is 6.44. The highest BCUT2D eigenvalue weighted by atomic mass is 127. The van der Waals surface area contributed by atoms with Gasteiger partial charge in [0.05, 0.1) is 10.7 Å². The van der Waals surface area contributed by atoms with E-state index in [1.54, 1.807) is 13.2 Å². The number of benzene rings is 4. The Morgan fingerprint density at radius 2 is 1.80 bits per heavy atom. The van der Waals surface area contributed by atoms with Crippen LogP contribution in [0.4, 0.5) is 0 Å². The van der Waals surface area contributed by atoms with E-state index in [0.29, 0.717) is 24.0 Å². The fourth-order valence-electron chi connectivity index (χ4n) is 3.93. The molecule has 0 bridgehead atoms. The van der Waals surface area contributed by atoms with Gasteiger partial charge in [-0.3, -0.25) is 0 Å². The molecule has 0 N–H and O–H groups in total. The number of halogens is 1. The number of aryl methyl sites for hydroxylation is 1. The lowest BCUT2D eigenvalue weighted by Crippen LogP contribution is -2.05. The highest BCUT2D eigenvalue weighted by Gasteiger charge is 2.24. The molecule has 0 aliphatic carbocycles. The van der Waals surface area contributed by atoms with E-state index in [9.17, 15) is 4.79 Å². The van der Waals surface area contributed by atoms with Gasteiger partial charge in [0.1, 0.15) is 6.61 Å². The van der Waals surface area contributed by atoms with E-state index in [4.69, 9.17) is 14.2 Å². The summed E-state index contributed by atoms with van der Waals surface area (Å²) in [6.45, 7) is 2.48. The average Bonchev–Trinajstić information content (AvgIpc) is 3.22. The number of carbonyl (C=O) groups is 1. The van der Waals surface area contributed by atoms with Gasteiger partial charge in [0.2, 0.25) is 5.90 Å². The zero-order valence-electron chi connectivity index (χ0n) is 19.2. The third-order valence-electron chi connectivity index (χ3n) is 5.64. The number of cyclic esters (lactones) is 1. The van der Waals surface area contributed by atoms with Crippen molar-refractivity contribution in [2.45, 2.75) is 13.5 Å². The summed E-state index contributed by atoms with van der Waals surface area (Å²) in [6, 6.07) is 25.8. The molecule has 0 spiro atoms. The van der Waals surface area contributed by atoms with Crippen molar-refractivity contribution < 1.29 is 19.0 Å². The molecule has 4 aromatic carbocycles. The van der Waals surface area contributed by atoms with Crippen molar-refractivity contribution >= 4 is 51.3 Å². The van der Waals surface area contributed by atoms with Crippen molar-refractivity contribution in [2.75, 3.05) is 7.11 Å². The quantitative estimate of drug-likeness (QED) is 0.146. The summed E-state index contributed by atoms with van der Waals surface area (Å²) >= 11 is 2.21. The molecule has 0 atom stereocenters. The first-order valence-electron chi connectivity index (χ1n) is 11.1. The number of hydrogen-bond donors (Lipinski definition) is 0. The van der Waals surface area contributed by atoms with Crippen molar-refractivity contribution in [3.63, 3.8) is 0 Å². The van der Waals surface area contributed by atoms with Gasteiger partial charge in [-0.25, -0.2) is 9.79 Å². The van der Waals surface area contributed by atoms with Crippen LogP contribution in [-0.2, 0) is 16.1 Å². The van der Waals surface area contributed by atoms with Gasteiger partial charge >= 0.3 is 5.97 Å². The van der Waals surface area contributed by atoms with Gasteiger partial charge in [0, 0.05) is 5.56 Å². The molecular formula is C29H22INO4. The van der Waals surface area contributed by atoms with E-state index in [-0.39, 0.29) is 5.70 Å². The Morgan fingerprint density at radius 1 is 0.971 bits per heavy atom. The largest absolute Gasteiger partial charge is 0.493 e. The average molecular weight is 575 g/mol. The first-order chi connectivity index (χ1) is 17.0. The van der Waals surface area contributed by atoms with E-state index in [0.717, 1.165) is 31.0 Å². The number of methoxy groups -OCH3 is 1. The van der Waals surface area contributed by atoms with Crippen LogP contribution < -0.4 is 9.47 Å². The molecule has 35 heavy (non-hydrogen) atoms. The van der Waals surface area contributed by atoms with Crippen molar-refractivity contribution in [3.05, 3.63) is 110 Å². The monoisotopic (exact) mass is 575 g/mol. The summed E-state index contributed by atoms with van der Waals surface area (Å²) in [4.78, 5) is 17.0. The van der Waals surface area contributed by atoms with Gasteiger partial charge in [0.15, 0.2) is 17.2 Å². The number of carbonyl (C=O) groups excluding carboxylic acids is 1. The van der Waals surface area contributed by atoms with Crippen LogP contribution in [0.1, 0.15) is 22.3 Å². The Bertz CT molecular complexity index is 1510. The van der Waals surface area contributed by atoms with Gasteiger partial charge in [-0.2, -0.15) is 0 Å². The summed E-state index contributed by atoms with van der Waals surface area (Å²) in [5.41, 5.74) is 4.02. The molecule has 0 unspecified atom stereocenters. The number of rotatable bonds is 6. The summed E-state index contributed by atoms with van der Waals surface area (Å²) < 4.78 is 18.0. The molecule has 5 rings (SSSR count). The molecule has 0 saturated carbocycles. The second-order valence-electron chi connectivity index (χ2n) is 8.21. The molecule has 0 aromatic heterocycles. The van der Waals surface area contributed by atoms with Crippen LogP contribution in [0.5, 0.6) is 11.5 Å². The standard InChI is InChI=1S/C29H22INO4/c1-18-6-5-7-19(12-18)17-34-27-24(30)13-20(15-26(27)33-2)14-25-29(32)35-28(31-25)23-11-10-21-8-3-4-9-22(21)16-23/h3-16H,17H2,1-2H3/b25-14-. The number of nitrogens with zero attached hydrogens (tertiary/aromatic N) is 1. The Labute approximate surface area is 217 Å². The zero-order valence-corrected chi connectivity index (χ0v) is 21.4. The van der Waals surface area contributed by atoms with E-state index in [2.05, 4.69) is 46.6 Å². The highest BCUT2D eigenvalue weighted by Crippen LogP contribution is 2.35. The second kappa shape index (κ2) is 9.92. The number of esters is 1. The van der Waals surface area contributed by atoms with Crippen LogP contribution in [0.3, 0.4) is 0 Å². The first kappa shape index (κ1) is 23.1. The predicted octanol–water partition coefficient (Wildman–Crippen LogP) is 6.68. The maximum absolute atomic E-state index is 12.6. The molecule has 0 amide bonds. The number of hydrogen-bond acceptors (Lipinski definition) is 5. The lowest BCUT2D eigenvalue weighted by Gasteiger charge is -2.14. The van der Waals surface area contributed by atoms with Crippen LogP contribution in [0.15, 0.2) is 89.6 Å². The van der Waals surface area contributed by atoms with Gasteiger partial charge in [-0.05, 0) is 81.8 Å². The van der Waals surface area contributed by atoms with Crippen molar-refractivity contribution in [1.29, 1.82) is 0 Å². The molecule has 0 saturated heterocycles. The van der Waals surface area contributed by atoms with Crippen LogP contribution >= 0.6 is 22.6 Å². The fraction of sp³-hybridized carbons (Fsp3) is 0.103. The summed E-state index contributed by atoms with van der Waals surface area (Å²) in [5, 5.41) is 2.17. The minimum atomic E-state index is -0.484. The third kappa shape index (κ3) is 5.07. The molecule has 6 heteroatoms. The zero-order chi connectivity index (χ0) is 24.4. The molecule has 1 heterocycles. The molecule has 0 radical (unpaired) electrons. The Morgan fingerprint density at radius 3 is 2.60 bits per heavy atom. The Balaban J connectivity index is 1.41. The molecule has 174 valence electrons. The number of aliphatic imine (C=N–C) groups is 1. The minimum absolute atomic E-state index is 0.236. The van der Waals surface area contributed by atoms with Crippen molar-refractivity contribution in [2.24, 2.45) is 4.99 Å². The summed E-state index contributed by atoms with van der Waals surface area (Å²) in [6.07, 6.45) is 1.70. The van der Waals surface area contributed by atoms with E-state index in [1.165, 1.54) is 5.56 Å². The fourth-order valence-corrected chi connectivity index (χ4v) is 4.71. The summed E-state index contributed by atoms with van der Waals surface area (Å²) in [5.74, 6) is 1.06. The second-order valence-corrected chi connectivity index (χ2v) is 9.37. The lowest BCUT2D eigenvalue weighted by molar-refractivity contribution is -0.129. The highest BCUT2D eigenvalue weighted by molar-refractivity contribution is 14.1. The lowest BCUT2D eigenvalue weighted by atomic mass is 10.1. The van der Waals surface area contributed by atoms with Crippen molar-refractivity contribution in [1.82, 2.24) is 0 Å². The normalized spacial score (nSPS) is 14.2. The summed E-state index contributed by atoms with van der Waals surface area (Å²) in [7, 11) is 1.60. The maximum atomic E-state index is 12.6. The van der Waals surface area contributed by atoms with Gasteiger partial charge in [0.25, 0.3) is 0 Å². The molecule has 0 fully saturated rings. The van der Waals surface area contributed by atoms with E-state index < -0.39 is 5.97 Å². The first-order valence-corrected chi connectivity index (χ1v) is 12.2. The SMILES string of the molecule is COc1cc(/C=C2\N=C(c3ccc4ccccc4c3)OC2=O)cc(I)c1OCc1cccc(C)c1. The molecule has 1 aliphatic rings. The van der Waals surface area contributed by atoms with Crippen LogP contribution in [0, 0.1) is 10.5 Å². The molecular weight excluding hydrogens is 553 g/mol. The molecule has 4 aromatic rings. The number of ether oxygens (including phenoxy) is 3.